The van der Waals surface area contributed by atoms with E-state index < -0.39 is 6.10 Å². The van der Waals surface area contributed by atoms with Crippen molar-refractivity contribution >= 4 is 11.6 Å². The van der Waals surface area contributed by atoms with E-state index in [9.17, 15) is 5.11 Å². The first kappa shape index (κ1) is 16.1. The first-order chi connectivity index (χ1) is 11.1. The van der Waals surface area contributed by atoms with Gasteiger partial charge in [0.05, 0.1) is 11.1 Å². The molecule has 1 unspecified atom stereocenters. The summed E-state index contributed by atoms with van der Waals surface area (Å²) in [5.41, 5.74) is 3.14. The van der Waals surface area contributed by atoms with Crippen LogP contribution in [0.4, 0.5) is 0 Å². The molecule has 1 aliphatic heterocycles. The van der Waals surface area contributed by atoms with Crippen LogP contribution in [-0.2, 0) is 13.1 Å². The minimum Gasteiger partial charge on any atom is -0.486 e. The number of benzene rings is 2. The topological polar surface area (TPSA) is 50.7 Å². The smallest absolute Gasteiger partial charge is 0.179 e. The normalized spacial score (nSPS) is 14.6. The largest absolute Gasteiger partial charge is 0.486 e. The molecule has 5 heteroatoms. The summed E-state index contributed by atoms with van der Waals surface area (Å²) in [5, 5.41) is 13.5. The van der Waals surface area contributed by atoms with Crippen LogP contribution >= 0.6 is 11.6 Å². The molecule has 2 aromatic carbocycles. The summed E-state index contributed by atoms with van der Waals surface area (Å²) in [6.07, 6.45) is -0.433. The Kier molecular flexibility index (Phi) is 5.06. The molecule has 2 N–H and O–H groups in total. The van der Waals surface area contributed by atoms with E-state index in [1.54, 1.807) is 6.92 Å². The van der Waals surface area contributed by atoms with Crippen LogP contribution in [0.25, 0.3) is 0 Å². The van der Waals surface area contributed by atoms with E-state index in [1.807, 2.05) is 36.4 Å². The molecule has 23 heavy (non-hydrogen) atoms. The Morgan fingerprint density at radius 3 is 2.52 bits per heavy atom. The standard InChI is InChI=1S/C18H20ClNO3/c1-12(21)15-4-2-13(3-5-15)10-20-11-14-8-16(19)18-17(9-14)22-6-7-23-18/h2-5,8-9,12,20-21H,6-7,10-11H2,1H3. The number of halogens is 1. The fourth-order valence-corrected chi connectivity index (χ4v) is 2.82. The average molecular weight is 334 g/mol. The van der Waals surface area contributed by atoms with E-state index in [2.05, 4.69) is 5.32 Å². The van der Waals surface area contributed by atoms with E-state index in [-0.39, 0.29) is 0 Å². The molecule has 1 aliphatic rings. The average Bonchev–Trinajstić information content (AvgIpc) is 2.55. The Morgan fingerprint density at radius 2 is 1.78 bits per heavy atom. The number of ether oxygens (including phenoxy) is 2. The van der Waals surface area contributed by atoms with Crippen molar-refractivity contribution in [2.45, 2.75) is 26.1 Å². The number of hydrogen-bond acceptors (Lipinski definition) is 4. The zero-order chi connectivity index (χ0) is 16.2. The van der Waals surface area contributed by atoms with Crippen molar-refractivity contribution in [1.29, 1.82) is 0 Å². The monoisotopic (exact) mass is 333 g/mol. The van der Waals surface area contributed by atoms with Gasteiger partial charge in [-0.25, -0.2) is 0 Å². The third-order valence-electron chi connectivity index (χ3n) is 3.78. The zero-order valence-electron chi connectivity index (χ0n) is 13.0. The Bertz CT molecular complexity index is 671. The van der Waals surface area contributed by atoms with E-state index in [1.165, 1.54) is 0 Å². The SMILES string of the molecule is CC(O)c1ccc(CNCc2cc(Cl)c3c(c2)OCCO3)cc1. The van der Waals surface area contributed by atoms with Crippen LogP contribution in [0.15, 0.2) is 36.4 Å². The summed E-state index contributed by atoms with van der Waals surface area (Å²) in [5.74, 6) is 1.34. The van der Waals surface area contributed by atoms with Gasteiger partial charge >= 0.3 is 0 Å². The maximum atomic E-state index is 9.51. The molecule has 0 aromatic heterocycles. The molecule has 1 atom stereocenters. The second-order valence-electron chi connectivity index (χ2n) is 5.62. The molecule has 0 radical (unpaired) electrons. The summed E-state index contributed by atoms with van der Waals surface area (Å²) in [6, 6.07) is 11.8. The predicted molar refractivity (Wildman–Crippen MR) is 90.1 cm³/mol. The van der Waals surface area contributed by atoms with Crippen LogP contribution in [0.5, 0.6) is 11.5 Å². The first-order valence-corrected chi connectivity index (χ1v) is 8.07. The molecule has 0 amide bonds. The van der Waals surface area contributed by atoms with Crippen LogP contribution < -0.4 is 14.8 Å². The lowest BCUT2D eigenvalue weighted by Crippen LogP contribution is -2.17. The molecule has 0 saturated heterocycles. The highest BCUT2D eigenvalue weighted by Gasteiger charge is 2.16. The van der Waals surface area contributed by atoms with Gasteiger partial charge in [-0.05, 0) is 35.7 Å². The van der Waals surface area contributed by atoms with Crippen molar-refractivity contribution in [1.82, 2.24) is 5.32 Å². The van der Waals surface area contributed by atoms with Crippen LogP contribution in [0, 0.1) is 0 Å². The van der Waals surface area contributed by atoms with Gasteiger partial charge in [0.25, 0.3) is 0 Å². The van der Waals surface area contributed by atoms with Crippen molar-refractivity contribution < 1.29 is 14.6 Å². The molecule has 0 bridgehead atoms. The predicted octanol–water partition coefficient (Wildman–Crippen LogP) is 3.45. The third kappa shape index (κ3) is 3.96. The number of hydrogen-bond donors (Lipinski definition) is 2. The van der Waals surface area contributed by atoms with Crippen LogP contribution in [0.3, 0.4) is 0 Å². The molecule has 0 spiro atoms. The van der Waals surface area contributed by atoms with Gasteiger partial charge in [0, 0.05) is 13.1 Å². The lowest BCUT2D eigenvalue weighted by Gasteiger charge is -2.20. The van der Waals surface area contributed by atoms with E-state index in [0.29, 0.717) is 36.3 Å². The molecule has 0 fully saturated rings. The number of fused-ring (bicyclic) bond motifs is 1. The van der Waals surface area contributed by atoms with Gasteiger partial charge < -0.3 is 19.9 Å². The van der Waals surface area contributed by atoms with E-state index in [0.717, 1.165) is 23.2 Å². The molecular formula is C18H20ClNO3. The van der Waals surface area contributed by atoms with Crippen molar-refractivity contribution in [2.24, 2.45) is 0 Å². The van der Waals surface area contributed by atoms with E-state index >= 15 is 0 Å². The minimum atomic E-state index is -0.433. The Hall–Kier alpha value is -1.75. The second kappa shape index (κ2) is 7.21. The summed E-state index contributed by atoms with van der Waals surface area (Å²) < 4.78 is 11.1. The second-order valence-corrected chi connectivity index (χ2v) is 6.03. The van der Waals surface area contributed by atoms with Crippen molar-refractivity contribution in [3.8, 4) is 11.5 Å². The Labute approximate surface area is 141 Å². The fourth-order valence-electron chi connectivity index (χ4n) is 2.53. The highest BCUT2D eigenvalue weighted by Crippen LogP contribution is 2.38. The number of rotatable bonds is 5. The van der Waals surface area contributed by atoms with Gasteiger partial charge in [0.2, 0.25) is 0 Å². The maximum absolute atomic E-state index is 9.51. The summed E-state index contributed by atoms with van der Waals surface area (Å²) in [4.78, 5) is 0. The van der Waals surface area contributed by atoms with Crippen LogP contribution in [0.1, 0.15) is 29.7 Å². The highest BCUT2D eigenvalue weighted by atomic mass is 35.5. The summed E-state index contributed by atoms with van der Waals surface area (Å²) >= 11 is 6.23. The highest BCUT2D eigenvalue weighted by molar-refractivity contribution is 6.32. The molecule has 4 nitrogen and oxygen atoms in total. The third-order valence-corrected chi connectivity index (χ3v) is 4.06. The number of nitrogens with one attached hydrogen (secondary N) is 1. The van der Waals surface area contributed by atoms with Crippen molar-refractivity contribution in [2.75, 3.05) is 13.2 Å². The minimum absolute atomic E-state index is 0.433. The van der Waals surface area contributed by atoms with Crippen LogP contribution in [-0.4, -0.2) is 18.3 Å². The molecule has 122 valence electrons. The van der Waals surface area contributed by atoms with Gasteiger partial charge in [-0.15, -0.1) is 0 Å². The molecule has 0 saturated carbocycles. The van der Waals surface area contributed by atoms with Crippen LogP contribution in [0.2, 0.25) is 5.02 Å². The number of aliphatic hydroxyl groups is 1. The van der Waals surface area contributed by atoms with Gasteiger partial charge in [-0.2, -0.15) is 0 Å². The molecule has 2 aromatic rings. The van der Waals surface area contributed by atoms with Gasteiger partial charge in [0.1, 0.15) is 13.2 Å². The molecule has 1 heterocycles. The first-order valence-electron chi connectivity index (χ1n) is 7.69. The number of aliphatic hydroxyl groups excluding tert-OH is 1. The zero-order valence-corrected chi connectivity index (χ0v) is 13.8. The van der Waals surface area contributed by atoms with Gasteiger partial charge in [0.15, 0.2) is 11.5 Å². The van der Waals surface area contributed by atoms with Crippen molar-refractivity contribution in [3.05, 3.63) is 58.1 Å². The fraction of sp³-hybridized carbons (Fsp3) is 0.333. The lowest BCUT2D eigenvalue weighted by atomic mass is 10.1. The molecule has 3 rings (SSSR count). The summed E-state index contributed by atoms with van der Waals surface area (Å²) in [6.45, 7) is 4.28. The lowest BCUT2D eigenvalue weighted by molar-refractivity contribution is 0.171. The van der Waals surface area contributed by atoms with Gasteiger partial charge in [-0.3, -0.25) is 0 Å². The quantitative estimate of drug-likeness (QED) is 0.880. The Balaban J connectivity index is 1.59. The maximum Gasteiger partial charge on any atom is 0.179 e. The van der Waals surface area contributed by atoms with E-state index in [4.69, 9.17) is 21.1 Å². The molecular weight excluding hydrogens is 314 g/mol. The van der Waals surface area contributed by atoms with Gasteiger partial charge in [-0.1, -0.05) is 35.9 Å². The molecule has 0 aliphatic carbocycles. The Morgan fingerprint density at radius 1 is 1.09 bits per heavy atom. The summed E-state index contributed by atoms with van der Waals surface area (Å²) in [7, 11) is 0. The van der Waals surface area contributed by atoms with Crippen molar-refractivity contribution in [3.63, 3.8) is 0 Å².